The predicted molar refractivity (Wildman–Crippen MR) is 128 cm³/mol. The molecule has 0 bridgehead atoms. The van der Waals surface area contributed by atoms with E-state index in [0.29, 0.717) is 11.8 Å². The molecule has 3 nitrogen and oxygen atoms in total. The average Bonchev–Trinajstić information content (AvgIpc) is 2.72. The van der Waals surface area contributed by atoms with Crippen LogP contribution in [0.25, 0.3) is 10.8 Å². The Morgan fingerprint density at radius 1 is 0.700 bits per heavy atom. The summed E-state index contributed by atoms with van der Waals surface area (Å²) in [5.41, 5.74) is 1.98. The standard InChI is InChI=1S/C26H40O3S/c1-3-5-7-9-11-13-15-22-17-20-25-24(21-22)19-18-23(26(25)30(27,28)29)16-14-12-10-8-6-4-2/h17-21H,3-16H2,1-2H3,(H,27,28,29). The van der Waals surface area contributed by atoms with Gasteiger partial charge in [0.15, 0.2) is 0 Å². The van der Waals surface area contributed by atoms with Crippen LogP contribution in [0.4, 0.5) is 0 Å². The van der Waals surface area contributed by atoms with Crippen LogP contribution in [0.3, 0.4) is 0 Å². The molecule has 0 radical (unpaired) electrons. The molecule has 0 aliphatic rings. The van der Waals surface area contributed by atoms with Gasteiger partial charge in [0.25, 0.3) is 10.1 Å². The maximum atomic E-state index is 12.2. The van der Waals surface area contributed by atoms with Crippen molar-refractivity contribution in [2.45, 2.75) is 109 Å². The van der Waals surface area contributed by atoms with Crippen molar-refractivity contribution in [2.75, 3.05) is 0 Å². The second-order valence-corrected chi connectivity index (χ2v) is 9.98. The third-order valence-electron chi connectivity index (χ3n) is 5.99. The summed E-state index contributed by atoms with van der Waals surface area (Å²) in [5.74, 6) is 0. The normalized spacial score (nSPS) is 12.0. The van der Waals surface area contributed by atoms with E-state index in [-0.39, 0.29) is 4.90 Å². The number of hydrogen-bond donors (Lipinski definition) is 1. The highest BCUT2D eigenvalue weighted by Gasteiger charge is 2.19. The molecule has 0 amide bonds. The van der Waals surface area contributed by atoms with Gasteiger partial charge < -0.3 is 0 Å². The Morgan fingerprint density at radius 3 is 1.87 bits per heavy atom. The number of rotatable bonds is 15. The van der Waals surface area contributed by atoms with E-state index in [9.17, 15) is 13.0 Å². The Balaban J connectivity index is 2.07. The molecular formula is C26H40O3S. The summed E-state index contributed by atoms with van der Waals surface area (Å²) in [5, 5.41) is 1.55. The zero-order valence-electron chi connectivity index (χ0n) is 19.0. The van der Waals surface area contributed by atoms with Crippen LogP contribution in [0.2, 0.25) is 0 Å². The molecule has 2 aromatic rings. The van der Waals surface area contributed by atoms with E-state index in [1.807, 2.05) is 24.3 Å². The van der Waals surface area contributed by atoms with Crippen LogP contribution >= 0.6 is 0 Å². The molecule has 0 aliphatic carbocycles. The Kier molecular flexibility index (Phi) is 10.9. The highest BCUT2D eigenvalue weighted by molar-refractivity contribution is 7.86. The van der Waals surface area contributed by atoms with Gasteiger partial charge in [-0.3, -0.25) is 4.55 Å². The molecule has 0 unspecified atom stereocenters. The van der Waals surface area contributed by atoms with Crippen molar-refractivity contribution in [3.05, 3.63) is 41.5 Å². The monoisotopic (exact) mass is 432 g/mol. The molecule has 30 heavy (non-hydrogen) atoms. The van der Waals surface area contributed by atoms with Gasteiger partial charge in [-0.15, -0.1) is 0 Å². The largest absolute Gasteiger partial charge is 0.295 e. The zero-order valence-corrected chi connectivity index (χ0v) is 19.8. The van der Waals surface area contributed by atoms with E-state index in [4.69, 9.17) is 0 Å². The number of benzene rings is 2. The lowest BCUT2D eigenvalue weighted by atomic mass is 9.98. The van der Waals surface area contributed by atoms with Gasteiger partial charge in [-0.05, 0) is 42.2 Å². The van der Waals surface area contributed by atoms with Gasteiger partial charge in [-0.1, -0.05) is 108 Å². The summed E-state index contributed by atoms with van der Waals surface area (Å²) in [6.07, 6.45) is 16.2. The molecule has 0 saturated heterocycles. The molecule has 0 fully saturated rings. The fourth-order valence-electron chi connectivity index (χ4n) is 4.26. The van der Waals surface area contributed by atoms with Gasteiger partial charge in [-0.25, -0.2) is 0 Å². The lowest BCUT2D eigenvalue weighted by Crippen LogP contribution is -2.05. The highest BCUT2D eigenvalue weighted by Crippen LogP contribution is 2.29. The summed E-state index contributed by atoms with van der Waals surface area (Å²) in [4.78, 5) is 0.111. The SMILES string of the molecule is CCCCCCCCc1ccc2c(S(=O)(=O)O)c(CCCCCCCC)ccc2c1. The predicted octanol–water partition coefficient (Wildman–Crippen LogP) is 7.89. The first-order chi connectivity index (χ1) is 14.5. The van der Waals surface area contributed by atoms with Crippen molar-refractivity contribution < 1.29 is 13.0 Å². The molecule has 0 heterocycles. The number of aryl methyl sites for hydroxylation is 2. The first-order valence-corrected chi connectivity index (χ1v) is 13.4. The summed E-state index contributed by atoms with van der Waals surface area (Å²) in [6, 6.07) is 9.91. The van der Waals surface area contributed by atoms with Gasteiger partial charge in [0.05, 0.1) is 0 Å². The molecule has 168 valence electrons. The van der Waals surface area contributed by atoms with Crippen LogP contribution in [0, 0.1) is 0 Å². The summed E-state index contributed by atoms with van der Waals surface area (Å²) < 4.78 is 34.3. The first kappa shape index (κ1) is 24.9. The maximum Gasteiger partial charge on any atom is 0.295 e. The molecule has 0 aromatic heterocycles. The minimum absolute atomic E-state index is 0.111. The molecule has 4 heteroatoms. The minimum atomic E-state index is -4.25. The molecule has 0 saturated carbocycles. The highest BCUT2D eigenvalue weighted by atomic mass is 32.2. The lowest BCUT2D eigenvalue weighted by Gasteiger charge is -2.12. The van der Waals surface area contributed by atoms with Crippen LogP contribution in [-0.4, -0.2) is 13.0 Å². The van der Waals surface area contributed by atoms with Crippen molar-refractivity contribution >= 4 is 20.9 Å². The van der Waals surface area contributed by atoms with Crippen molar-refractivity contribution in [1.29, 1.82) is 0 Å². The first-order valence-electron chi connectivity index (χ1n) is 12.0. The Morgan fingerprint density at radius 2 is 1.27 bits per heavy atom. The Labute approximate surface area is 184 Å². The van der Waals surface area contributed by atoms with Crippen molar-refractivity contribution in [1.82, 2.24) is 0 Å². The molecule has 2 aromatic carbocycles. The average molecular weight is 433 g/mol. The van der Waals surface area contributed by atoms with Crippen LogP contribution in [0.15, 0.2) is 35.2 Å². The van der Waals surface area contributed by atoms with E-state index in [1.165, 1.54) is 63.4 Å². The molecule has 2 rings (SSSR count). The van der Waals surface area contributed by atoms with Gasteiger partial charge in [0, 0.05) is 5.39 Å². The van der Waals surface area contributed by atoms with Gasteiger partial charge in [-0.2, -0.15) is 8.42 Å². The molecule has 1 N–H and O–H groups in total. The number of fused-ring (bicyclic) bond motifs is 1. The molecule has 0 atom stereocenters. The third-order valence-corrected chi connectivity index (χ3v) is 6.99. The van der Waals surface area contributed by atoms with Gasteiger partial charge >= 0.3 is 0 Å². The second kappa shape index (κ2) is 13.1. The van der Waals surface area contributed by atoms with Gasteiger partial charge in [0.1, 0.15) is 4.90 Å². The van der Waals surface area contributed by atoms with Crippen molar-refractivity contribution in [3.63, 3.8) is 0 Å². The fourth-order valence-corrected chi connectivity index (χ4v) is 5.22. The van der Waals surface area contributed by atoms with Crippen LogP contribution < -0.4 is 0 Å². The lowest BCUT2D eigenvalue weighted by molar-refractivity contribution is 0.482. The quantitative estimate of drug-likeness (QED) is 0.230. The maximum absolute atomic E-state index is 12.2. The minimum Gasteiger partial charge on any atom is -0.282 e. The van der Waals surface area contributed by atoms with Crippen LogP contribution in [-0.2, 0) is 23.0 Å². The van der Waals surface area contributed by atoms with E-state index < -0.39 is 10.1 Å². The third kappa shape index (κ3) is 8.03. The fraction of sp³-hybridized carbons (Fsp3) is 0.615. The molecule has 0 spiro atoms. The van der Waals surface area contributed by atoms with Crippen molar-refractivity contribution in [3.8, 4) is 0 Å². The zero-order chi connectivity index (χ0) is 21.8. The van der Waals surface area contributed by atoms with E-state index in [0.717, 1.165) is 36.6 Å². The topological polar surface area (TPSA) is 54.4 Å². The Bertz CT molecular complexity index is 871. The molecular weight excluding hydrogens is 392 g/mol. The molecule has 0 aliphatic heterocycles. The number of unbranched alkanes of at least 4 members (excludes halogenated alkanes) is 10. The van der Waals surface area contributed by atoms with Crippen LogP contribution in [0.1, 0.15) is 102 Å². The summed E-state index contributed by atoms with van der Waals surface area (Å²) in [6.45, 7) is 4.43. The van der Waals surface area contributed by atoms with E-state index in [1.54, 1.807) is 0 Å². The van der Waals surface area contributed by atoms with Gasteiger partial charge in [0.2, 0.25) is 0 Å². The van der Waals surface area contributed by atoms with E-state index in [2.05, 4.69) is 19.9 Å². The van der Waals surface area contributed by atoms with Crippen LogP contribution in [0.5, 0.6) is 0 Å². The smallest absolute Gasteiger partial charge is 0.282 e. The summed E-state index contributed by atoms with van der Waals surface area (Å²) >= 11 is 0. The second-order valence-electron chi connectivity index (χ2n) is 8.62. The number of hydrogen-bond acceptors (Lipinski definition) is 2. The van der Waals surface area contributed by atoms with E-state index >= 15 is 0 Å². The Hall–Kier alpha value is -1.39. The summed E-state index contributed by atoms with van der Waals surface area (Å²) in [7, 11) is -4.25. The van der Waals surface area contributed by atoms with Crippen molar-refractivity contribution in [2.24, 2.45) is 0 Å².